The predicted molar refractivity (Wildman–Crippen MR) is 132 cm³/mol. The lowest BCUT2D eigenvalue weighted by atomic mass is 9.85. The van der Waals surface area contributed by atoms with Crippen LogP contribution in [0.5, 0.6) is 0 Å². The molecule has 2 aliphatic carbocycles. The topological polar surface area (TPSA) is 91.6 Å². The fraction of sp³-hybridized carbons (Fsp3) is 0.391. The van der Waals surface area contributed by atoms with Crippen LogP contribution in [0.2, 0.25) is 0 Å². The first-order valence-electron chi connectivity index (χ1n) is 10.8. The highest BCUT2D eigenvalue weighted by atomic mass is 127. The Bertz CT molecular complexity index is 1070. The number of hydrogen-bond donors (Lipinski definition) is 2. The first-order chi connectivity index (χ1) is 15.6. The van der Waals surface area contributed by atoms with Gasteiger partial charge in [0, 0.05) is 39.1 Å². The lowest BCUT2D eigenvalue weighted by molar-refractivity contribution is -0.140. The molecule has 2 fully saturated rings. The second-order valence-corrected chi connectivity index (χ2v) is 8.44. The van der Waals surface area contributed by atoms with Crippen molar-refractivity contribution in [2.75, 3.05) is 20.1 Å². The van der Waals surface area contributed by atoms with Crippen LogP contribution >= 0.6 is 24.0 Å². The van der Waals surface area contributed by atoms with E-state index >= 15 is 0 Å². The summed E-state index contributed by atoms with van der Waals surface area (Å²) in [5, 5.41) is 6.26. The molecular weight excluding hydrogens is 538 g/mol. The van der Waals surface area contributed by atoms with Gasteiger partial charge in [-0.05, 0) is 36.0 Å². The van der Waals surface area contributed by atoms with Crippen molar-refractivity contribution in [3.05, 3.63) is 60.5 Å². The van der Waals surface area contributed by atoms with E-state index in [2.05, 4.69) is 32.8 Å². The number of aliphatic imine (C=N–C) groups is 1. The van der Waals surface area contributed by atoms with Crippen molar-refractivity contribution in [1.82, 2.24) is 25.1 Å². The van der Waals surface area contributed by atoms with Crippen LogP contribution in [0.25, 0.3) is 5.69 Å². The molecule has 2 N–H and O–H groups in total. The number of amides is 2. The molecule has 3 aliphatic rings. The lowest BCUT2D eigenvalue weighted by Crippen LogP contribution is -2.43. The quantitative estimate of drug-likeness (QED) is 0.185. The Kier molecular flexibility index (Phi) is 6.82. The number of carbonyl (C=O) groups excluding carboxylic acids is 2. The summed E-state index contributed by atoms with van der Waals surface area (Å²) >= 11 is 0. The minimum atomic E-state index is -0.342. The number of hydrogen-bond acceptors (Lipinski definition) is 4. The molecule has 0 radical (unpaired) electrons. The van der Waals surface area contributed by atoms with E-state index in [4.69, 9.17) is 0 Å². The molecule has 174 valence electrons. The Morgan fingerprint density at radius 2 is 1.91 bits per heavy atom. The van der Waals surface area contributed by atoms with Gasteiger partial charge in [0.15, 0.2) is 5.96 Å². The third-order valence-corrected chi connectivity index (χ3v) is 6.67. The molecule has 5 rings (SSSR count). The van der Waals surface area contributed by atoms with Crippen molar-refractivity contribution < 1.29 is 14.0 Å². The monoisotopic (exact) mass is 564 g/mol. The third kappa shape index (κ3) is 4.28. The third-order valence-electron chi connectivity index (χ3n) is 6.67. The molecule has 2 amide bonds. The summed E-state index contributed by atoms with van der Waals surface area (Å²) in [6, 6.07) is 5.01. The van der Waals surface area contributed by atoms with Crippen molar-refractivity contribution in [1.29, 1.82) is 0 Å². The largest absolute Gasteiger partial charge is 0.355 e. The van der Waals surface area contributed by atoms with E-state index in [1.807, 2.05) is 6.07 Å². The maximum absolute atomic E-state index is 14.4. The molecule has 1 saturated heterocycles. The fourth-order valence-electron chi connectivity index (χ4n) is 5.15. The highest BCUT2D eigenvalue weighted by Crippen LogP contribution is 2.52. The van der Waals surface area contributed by atoms with Gasteiger partial charge in [0.1, 0.15) is 5.82 Å². The zero-order chi connectivity index (χ0) is 22.2. The standard InChI is InChI=1S/C23H25FN6O2.HI/c1-25-23(28-12-14-2-5-18(17(24)10-14)29-8-6-26-13-29)27-7-9-30-21(31)19-15-3-4-16(11-15)20(19)22(30)32;/h2-6,8,10,13,15-16,19-20H,7,9,11-12H2,1H3,(H2,25,27,28);1H. The summed E-state index contributed by atoms with van der Waals surface area (Å²) in [5.74, 6) is 0.176. The fourth-order valence-corrected chi connectivity index (χ4v) is 5.15. The normalized spacial score (nSPS) is 25.4. The molecule has 33 heavy (non-hydrogen) atoms. The number of nitrogens with zero attached hydrogens (tertiary/aromatic N) is 4. The van der Waals surface area contributed by atoms with Gasteiger partial charge in [-0.2, -0.15) is 0 Å². The Morgan fingerprint density at radius 1 is 1.18 bits per heavy atom. The number of aromatic nitrogens is 2. The van der Waals surface area contributed by atoms with Crippen LogP contribution in [-0.2, 0) is 16.1 Å². The molecule has 0 spiro atoms. The number of imidazole rings is 1. The van der Waals surface area contributed by atoms with Crippen LogP contribution in [0, 0.1) is 29.5 Å². The van der Waals surface area contributed by atoms with E-state index < -0.39 is 0 Å². The molecule has 1 aromatic carbocycles. The SMILES string of the molecule is CN=C(NCCN1C(=O)C2C3C=CC(C3)C2C1=O)NCc1ccc(-n2ccnc2)c(F)c1.I. The minimum Gasteiger partial charge on any atom is -0.355 e. The summed E-state index contributed by atoms with van der Waals surface area (Å²) < 4.78 is 16.0. The average molecular weight is 564 g/mol. The number of halogens is 2. The van der Waals surface area contributed by atoms with Crippen LogP contribution in [0.3, 0.4) is 0 Å². The molecule has 4 atom stereocenters. The molecule has 2 aromatic rings. The second-order valence-electron chi connectivity index (χ2n) is 8.44. The number of carbonyl (C=O) groups is 2. The molecule has 1 aliphatic heterocycles. The van der Waals surface area contributed by atoms with Crippen molar-refractivity contribution >= 4 is 41.8 Å². The van der Waals surface area contributed by atoms with Crippen LogP contribution < -0.4 is 10.6 Å². The van der Waals surface area contributed by atoms with E-state index in [9.17, 15) is 14.0 Å². The van der Waals surface area contributed by atoms with Gasteiger partial charge < -0.3 is 15.2 Å². The van der Waals surface area contributed by atoms with E-state index in [0.29, 0.717) is 31.3 Å². The van der Waals surface area contributed by atoms with Gasteiger partial charge in [-0.1, -0.05) is 18.2 Å². The Morgan fingerprint density at radius 3 is 2.52 bits per heavy atom. The highest BCUT2D eigenvalue weighted by Gasteiger charge is 2.58. The summed E-state index contributed by atoms with van der Waals surface area (Å²) in [4.78, 5) is 35.0. The summed E-state index contributed by atoms with van der Waals surface area (Å²) in [5.41, 5.74) is 1.19. The zero-order valence-electron chi connectivity index (χ0n) is 18.1. The van der Waals surface area contributed by atoms with Crippen molar-refractivity contribution in [2.45, 2.75) is 13.0 Å². The van der Waals surface area contributed by atoms with Gasteiger partial charge in [0.05, 0.1) is 23.9 Å². The van der Waals surface area contributed by atoms with Crippen molar-refractivity contribution in [3.8, 4) is 5.69 Å². The number of imide groups is 1. The van der Waals surface area contributed by atoms with Crippen molar-refractivity contribution in [2.24, 2.45) is 28.7 Å². The molecule has 1 saturated carbocycles. The van der Waals surface area contributed by atoms with Gasteiger partial charge in [-0.15, -0.1) is 24.0 Å². The predicted octanol–water partition coefficient (Wildman–Crippen LogP) is 2.10. The molecule has 2 bridgehead atoms. The first kappa shape index (κ1) is 23.4. The van der Waals surface area contributed by atoms with Gasteiger partial charge in [0.2, 0.25) is 11.8 Å². The maximum Gasteiger partial charge on any atom is 0.233 e. The summed E-state index contributed by atoms with van der Waals surface area (Å²) in [6.45, 7) is 1.08. The Hall–Kier alpha value is -2.76. The van der Waals surface area contributed by atoms with Crippen LogP contribution in [0.4, 0.5) is 4.39 Å². The van der Waals surface area contributed by atoms with Crippen molar-refractivity contribution in [3.63, 3.8) is 0 Å². The number of nitrogens with one attached hydrogen (secondary N) is 2. The number of rotatable bonds is 6. The number of guanidine groups is 1. The molecule has 4 unspecified atom stereocenters. The lowest BCUT2D eigenvalue weighted by Gasteiger charge is -2.18. The average Bonchev–Trinajstić information content (AvgIpc) is 3.58. The van der Waals surface area contributed by atoms with Crippen LogP contribution in [-0.4, -0.2) is 52.4 Å². The smallest absolute Gasteiger partial charge is 0.233 e. The number of allylic oxidation sites excluding steroid dienone is 2. The summed E-state index contributed by atoms with van der Waals surface area (Å²) in [6.07, 6.45) is 9.95. The second kappa shape index (κ2) is 9.62. The van der Waals surface area contributed by atoms with Gasteiger partial charge >= 0.3 is 0 Å². The summed E-state index contributed by atoms with van der Waals surface area (Å²) in [7, 11) is 1.64. The highest BCUT2D eigenvalue weighted by molar-refractivity contribution is 14.0. The van der Waals surface area contributed by atoms with E-state index in [1.54, 1.807) is 36.4 Å². The van der Waals surface area contributed by atoms with E-state index in [0.717, 1.165) is 12.0 Å². The molecule has 2 heterocycles. The Balaban J connectivity index is 0.00000259. The van der Waals surface area contributed by atoms with Crippen LogP contribution in [0.1, 0.15) is 12.0 Å². The molecule has 10 heteroatoms. The molecule has 1 aromatic heterocycles. The number of fused-ring (bicyclic) bond motifs is 5. The van der Waals surface area contributed by atoms with Gasteiger partial charge in [-0.25, -0.2) is 9.37 Å². The minimum absolute atomic E-state index is 0. The maximum atomic E-state index is 14.4. The van der Waals surface area contributed by atoms with E-state index in [-0.39, 0.29) is 65.3 Å². The number of likely N-dealkylation sites (tertiary alicyclic amines) is 1. The molecular formula is C23H26FIN6O2. The number of benzene rings is 1. The first-order valence-corrected chi connectivity index (χ1v) is 10.8. The van der Waals surface area contributed by atoms with Crippen LogP contribution in [0.15, 0.2) is 54.1 Å². The van der Waals surface area contributed by atoms with E-state index in [1.165, 1.54) is 11.0 Å². The zero-order valence-corrected chi connectivity index (χ0v) is 20.5. The molecule has 8 nitrogen and oxygen atoms in total. The van der Waals surface area contributed by atoms with Gasteiger partial charge in [0.25, 0.3) is 0 Å². The van der Waals surface area contributed by atoms with Gasteiger partial charge in [-0.3, -0.25) is 19.5 Å². The Labute approximate surface area is 208 Å².